The summed E-state index contributed by atoms with van der Waals surface area (Å²) in [4.78, 5) is 14.6. The first-order chi connectivity index (χ1) is 14.1. The largest absolute Gasteiger partial charge is 0.342 e. The number of para-hydroxylation sites is 1. The summed E-state index contributed by atoms with van der Waals surface area (Å²) in [6, 6.07) is 15.9. The number of hydrogen-bond donors (Lipinski definition) is 0. The SMILES string of the molecule is CCCN(CCC)C(=O)CSc1nnc(-c2ccc(F)cc2)n1-c1ccccc1. The summed E-state index contributed by atoms with van der Waals surface area (Å²) in [6.45, 7) is 5.67. The van der Waals surface area contributed by atoms with E-state index >= 15 is 0 Å². The molecule has 0 aliphatic carbocycles. The average molecular weight is 413 g/mol. The lowest BCUT2D eigenvalue weighted by Gasteiger charge is -2.21. The van der Waals surface area contributed by atoms with Gasteiger partial charge in [-0.25, -0.2) is 4.39 Å². The molecular formula is C22H25FN4OS. The molecule has 1 heterocycles. The van der Waals surface area contributed by atoms with Crippen LogP contribution in [0.4, 0.5) is 4.39 Å². The van der Waals surface area contributed by atoms with Gasteiger partial charge in [-0.3, -0.25) is 9.36 Å². The highest BCUT2D eigenvalue weighted by atomic mass is 32.2. The highest BCUT2D eigenvalue weighted by molar-refractivity contribution is 7.99. The first kappa shape index (κ1) is 21.0. The van der Waals surface area contributed by atoms with E-state index in [-0.39, 0.29) is 11.7 Å². The maximum absolute atomic E-state index is 13.4. The predicted molar refractivity (Wildman–Crippen MR) is 115 cm³/mol. The predicted octanol–water partition coefficient (Wildman–Crippen LogP) is 4.81. The number of aromatic nitrogens is 3. The fourth-order valence-electron chi connectivity index (χ4n) is 3.08. The Morgan fingerprint density at radius 2 is 1.66 bits per heavy atom. The molecule has 1 amide bonds. The second-order valence-corrected chi connectivity index (χ2v) is 7.60. The van der Waals surface area contributed by atoms with Crippen molar-refractivity contribution in [2.75, 3.05) is 18.8 Å². The van der Waals surface area contributed by atoms with Crippen molar-refractivity contribution in [1.82, 2.24) is 19.7 Å². The molecule has 5 nitrogen and oxygen atoms in total. The number of carbonyl (C=O) groups excluding carboxylic acids is 1. The van der Waals surface area contributed by atoms with Crippen molar-refractivity contribution in [3.05, 3.63) is 60.4 Å². The van der Waals surface area contributed by atoms with E-state index in [1.165, 1.54) is 23.9 Å². The van der Waals surface area contributed by atoms with Gasteiger partial charge in [0.05, 0.1) is 5.75 Å². The molecule has 1 aromatic heterocycles. The zero-order valence-corrected chi connectivity index (χ0v) is 17.5. The van der Waals surface area contributed by atoms with Crippen LogP contribution in [0, 0.1) is 5.82 Å². The molecule has 0 aliphatic heterocycles. The molecular weight excluding hydrogens is 387 g/mol. The monoisotopic (exact) mass is 412 g/mol. The van der Waals surface area contributed by atoms with Gasteiger partial charge in [0.2, 0.25) is 5.91 Å². The van der Waals surface area contributed by atoms with E-state index in [1.54, 1.807) is 12.1 Å². The van der Waals surface area contributed by atoms with Crippen molar-refractivity contribution in [2.24, 2.45) is 0 Å². The number of thioether (sulfide) groups is 1. The molecule has 2 aromatic carbocycles. The summed E-state index contributed by atoms with van der Waals surface area (Å²) >= 11 is 1.37. The number of hydrogen-bond acceptors (Lipinski definition) is 4. The van der Waals surface area contributed by atoms with Gasteiger partial charge < -0.3 is 4.90 Å². The lowest BCUT2D eigenvalue weighted by atomic mass is 10.2. The Hall–Kier alpha value is -2.67. The van der Waals surface area contributed by atoms with Crippen molar-refractivity contribution in [3.8, 4) is 17.1 Å². The molecule has 7 heteroatoms. The molecule has 0 spiro atoms. The lowest BCUT2D eigenvalue weighted by Crippen LogP contribution is -2.33. The van der Waals surface area contributed by atoms with E-state index in [0.717, 1.165) is 37.2 Å². The van der Waals surface area contributed by atoms with Crippen LogP contribution in [0.5, 0.6) is 0 Å². The quantitative estimate of drug-likeness (QED) is 0.473. The van der Waals surface area contributed by atoms with Crippen LogP contribution in [0.25, 0.3) is 17.1 Å². The smallest absolute Gasteiger partial charge is 0.233 e. The van der Waals surface area contributed by atoms with Gasteiger partial charge in [0.1, 0.15) is 5.82 Å². The van der Waals surface area contributed by atoms with Gasteiger partial charge in [0.15, 0.2) is 11.0 Å². The van der Waals surface area contributed by atoms with Crippen LogP contribution in [0.2, 0.25) is 0 Å². The van der Waals surface area contributed by atoms with Crippen LogP contribution < -0.4 is 0 Å². The molecule has 0 saturated heterocycles. The number of benzene rings is 2. The van der Waals surface area contributed by atoms with E-state index in [0.29, 0.717) is 16.7 Å². The average Bonchev–Trinajstić information content (AvgIpc) is 3.17. The summed E-state index contributed by atoms with van der Waals surface area (Å²) < 4.78 is 15.3. The Bertz CT molecular complexity index is 922. The highest BCUT2D eigenvalue weighted by Gasteiger charge is 2.19. The Morgan fingerprint density at radius 3 is 2.28 bits per heavy atom. The molecule has 0 unspecified atom stereocenters. The van der Waals surface area contributed by atoms with Crippen LogP contribution >= 0.6 is 11.8 Å². The van der Waals surface area contributed by atoms with E-state index < -0.39 is 0 Å². The van der Waals surface area contributed by atoms with E-state index in [2.05, 4.69) is 24.0 Å². The fraction of sp³-hybridized carbons (Fsp3) is 0.318. The van der Waals surface area contributed by atoms with Gasteiger partial charge in [-0.1, -0.05) is 43.8 Å². The summed E-state index contributed by atoms with van der Waals surface area (Å²) in [5.74, 6) is 0.718. The summed E-state index contributed by atoms with van der Waals surface area (Å²) in [7, 11) is 0. The van der Waals surface area contributed by atoms with Crippen LogP contribution in [-0.2, 0) is 4.79 Å². The molecule has 0 aliphatic rings. The van der Waals surface area contributed by atoms with Crippen molar-refractivity contribution in [2.45, 2.75) is 31.8 Å². The maximum atomic E-state index is 13.4. The van der Waals surface area contributed by atoms with Crippen molar-refractivity contribution in [1.29, 1.82) is 0 Å². The third-order valence-electron chi connectivity index (χ3n) is 4.41. The molecule has 152 valence electrons. The Balaban J connectivity index is 1.89. The molecule has 0 bridgehead atoms. The van der Waals surface area contributed by atoms with Crippen molar-refractivity contribution >= 4 is 17.7 Å². The Kier molecular flexibility index (Phi) is 7.41. The van der Waals surface area contributed by atoms with Crippen LogP contribution in [0.1, 0.15) is 26.7 Å². The molecule has 0 fully saturated rings. The zero-order chi connectivity index (χ0) is 20.6. The van der Waals surface area contributed by atoms with Crippen molar-refractivity contribution < 1.29 is 9.18 Å². The normalized spacial score (nSPS) is 10.9. The Morgan fingerprint density at radius 1 is 1.00 bits per heavy atom. The van der Waals surface area contributed by atoms with E-state index in [4.69, 9.17) is 0 Å². The molecule has 0 saturated carbocycles. The van der Waals surface area contributed by atoms with Gasteiger partial charge in [-0.2, -0.15) is 0 Å². The van der Waals surface area contributed by atoms with Crippen molar-refractivity contribution in [3.63, 3.8) is 0 Å². The standard InChI is InChI=1S/C22H25FN4OS/c1-3-14-26(15-4-2)20(28)16-29-22-25-24-21(17-10-12-18(23)13-11-17)27(22)19-8-6-5-7-9-19/h5-13H,3-4,14-16H2,1-2H3. The molecule has 3 rings (SSSR count). The number of amides is 1. The van der Waals surface area contributed by atoms with Crippen LogP contribution in [0.3, 0.4) is 0 Å². The van der Waals surface area contributed by atoms with Gasteiger partial charge in [0.25, 0.3) is 0 Å². The third kappa shape index (κ3) is 5.23. The van der Waals surface area contributed by atoms with Gasteiger partial charge in [0, 0.05) is 24.3 Å². The highest BCUT2D eigenvalue weighted by Crippen LogP contribution is 2.28. The molecule has 0 radical (unpaired) electrons. The second-order valence-electron chi connectivity index (χ2n) is 6.65. The number of rotatable bonds is 9. The molecule has 0 atom stereocenters. The minimum atomic E-state index is -0.299. The fourth-order valence-corrected chi connectivity index (χ4v) is 3.93. The van der Waals surface area contributed by atoms with E-state index in [1.807, 2.05) is 39.8 Å². The lowest BCUT2D eigenvalue weighted by molar-refractivity contribution is -0.128. The minimum absolute atomic E-state index is 0.102. The second kappa shape index (κ2) is 10.2. The summed E-state index contributed by atoms with van der Waals surface area (Å²) in [5, 5.41) is 9.29. The Labute approximate surface area is 175 Å². The first-order valence-corrected chi connectivity index (χ1v) is 10.8. The maximum Gasteiger partial charge on any atom is 0.233 e. The van der Waals surface area contributed by atoms with Gasteiger partial charge >= 0.3 is 0 Å². The zero-order valence-electron chi connectivity index (χ0n) is 16.7. The minimum Gasteiger partial charge on any atom is -0.342 e. The number of halogens is 1. The topological polar surface area (TPSA) is 51.0 Å². The van der Waals surface area contributed by atoms with Crippen LogP contribution in [0.15, 0.2) is 59.8 Å². The third-order valence-corrected chi connectivity index (χ3v) is 5.33. The first-order valence-electron chi connectivity index (χ1n) is 9.81. The van der Waals surface area contributed by atoms with E-state index in [9.17, 15) is 9.18 Å². The van der Waals surface area contributed by atoms with Gasteiger partial charge in [-0.15, -0.1) is 10.2 Å². The van der Waals surface area contributed by atoms with Gasteiger partial charge in [-0.05, 0) is 49.2 Å². The number of nitrogens with zero attached hydrogens (tertiary/aromatic N) is 4. The molecule has 29 heavy (non-hydrogen) atoms. The number of carbonyl (C=O) groups is 1. The molecule has 3 aromatic rings. The summed E-state index contributed by atoms with van der Waals surface area (Å²) in [5.41, 5.74) is 1.66. The summed E-state index contributed by atoms with van der Waals surface area (Å²) in [6.07, 6.45) is 1.87. The molecule has 0 N–H and O–H groups in total. The van der Waals surface area contributed by atoms with Crippen LogP contribution in [-0.4, -0.2) is 44.4 Å².